The van der Waals surface area contributed by atoms with Crippen LogP contribution in [0.2, 0.25) is 0 Å². The number of carbonyl (C=O) groups is 1. The van der Waals surface area contributed by atoms with Crippen LogP contribution in [-0.2, 0) is 4.79 Å². The van der Waals surface area contributed by atoms with Crippen LogP contribution >= 0.6 is 11.8 Å². The molecule has 1 aliphatic carbocycles. The lowest BCUT2D eigenvalue weighted by Gasteiger charge is -2.32. The normalized spacial score (nSPS) is 16.2. The number of carbonyl (C=O) groups excluding carboxylic acids is 1. The van der Waals surface area contributed by atoms with E-state index in [4.69, 9.17) is 4.98 Å². The number of nitrogens with zero attached hydrogens (tertiary/aromatic N) is 3. The van der Waals surface area contributed by atoms with Crippen LogP contribution in [0, 0.1) is 25.2 Å². The Balaban J connectivity index is 1.73. The largest absolute Gasteiger partial charge is 0.337 e. The van der Waals surface area contributed by atoms with Crippen LogP contribution in [-0.4, -0.2) is 26.2 Å². The summed E-state index contributed by atoms with van der Waals surface area (Å²) < 4.78 is 1.59. The Hall–Kier alpha value is -3.11. The van der Waals surface area contributed by atoms with E-state index >= 15 is 0 Å². The molecule has 7 heteroatoms. The third-order valence-electron chi connectivity index (χ3n) is 6.14. The minimum absolute atomic E-state index is 0.165. The summed E-state index contributed by atoms with van der Waals surface area (Å²) in [5, 5.41) is 13.2. The number of fused-ring (bicyclic) bond motifs is 1. The van der Waals surface area contributed by atoms with Gasteiger partial charge in [-0.05, 0) is 69.0 Å². The lowest BCUT2D eigenvalue weighted by molar-refractivity contribution is -0.121. The van der Waals surface area contributed by atoms with Crippen LogP contribution in [0.25, 0.3) is 16.6 Å². The number of rotatable bonds is 5. The van der Waals surface area contributed by atoms with Gasteiger partial charge in [0.25, 0.3) is 5.56 Å². The fourth-order valence-electron chi connectivity index (χ4n) is 4.47. The van der Waals surface area contributed by atoms with Gasteiger partial charge in [-0.15, -0.1) is 0 Å². The van der Waals surface area contributed by atoms with Gasteiger partial charge in [-0.25, -0.2) is 4.98 Å². The van der Waals surface area contributed by atoms with Crippen molar-refractivity contribution in [2.45, 2.75) is 68.8 Å². The summed E-state index contributed by atoms with van der Waals surface area (Å²) in [7, 11) is 0. The zero-order valence-corrected chi connectivity index (χ0v) is 20.0. The molecule has 1 aromatic heterocycles. The Kier molecular flexibility index (Phi) is 6.57. The summed E-state index contributed by atoms with van der Waals surface area (Å²) >= 11 is 1.24. The first-order valence-electron chi connectivity index (χ1n) is 11.3. The molecule has 33 heavy (non-hydrogen) atoms. The average Bonchev–Trinajstić information content (AvgIpc) is 2.79. The van der Waals surface area contributed by atoms with E-state index in [0.29, 0.717) is 28.9 Å². The number of aryl methyl sites for hydroxylation is 2. The Morgan fingerprint density at radius 3 is 2.48 bits per heavy atom. The van der Waals surface area contributed by atoms with Crippen molar-refractivity contribution in [2.75, 3.05) is 0 Å². The molecule has 0 saturated heterocycles. The first-order valence-corrected chi connectivity index (χ1v) is 12.2. The fourth-order valence-corrected chi connectivity index (χ4v) is 5.39. The van der Waals surface area contributed by atoms with E-state index in [1.807, 2.05) is 44.2 Å². The number of amides is 1. The van der Waals surface area contributed by atoms with Gasteiger partial charge in [-0.3, -0.25) is 14.2 Å². The topological polar surface area (TPSA) is 87.8 Å². The molecule has 0 radical (unpaired) electrons. The first kappa shape index (κ1) is 23.1. The van der Waals surface area contributed by atoms with E-state index in [0.717, 1.165) is 36.1 Å². The maximum absolute atomic E-state index is 13.5. The molecule has 0 aliphatic heterocycles. The Bertz CT molecular complexity index is 1280. The van der Waals surface area contributed by atoms with Gasteiger partial charge in [0.2, 0.25) is 5.91 Å². The second kappa shape index (κ2) is 9.40. The third-order valence-corrected chi connectivity index (χ3v) is 7.20. The summed E-state index contributed by atoms with van der Waals surface area (Å²) in [6, 6.07) is 15.5. The minimum Gasteiger partial charge on any atom is -0.337 e. The molecule has 1 atom stereocenters. The molecular formula is C26H28N4O2S. The van der Waals surface area contributed by atoms with Crippen molar-refractivity contribution < 1.29 is 4.79 Å². The van der Waals surface area contributed by atoms with Gasteiger partial charge in [-0.1, -0.05) is 49.2 Å². The number of benzene rings is 2. The highest BCUT2D eigenvalue weighted by Crippen LogP contribution is 2.30. The summed E-state index contributed by atoms with van der Waals surface area (Å²) in [5.41, 5.74) is 2.45. The predicted octanol–water partition coefficient (Wildman–Crippen LogP) is 4.83. The van der Waals surface area contributed by atoms with Crippen molar-refractivity contribution >= 4 is 28.6 Å². The highest BCUT2D eigenvalue weighted by Gasteiger charge is 2.35. The van der Waals surface area contributed by atoms with Crippen LogP contribution in [0.4, 0.5) is 0 Å². The number of aromatic nitrogens is 2. The van der Waals surface area contributed by atoms with Gasteiger partial charge < -0.3 is 5.32 Å². The monoisotopic (exact) mass is 460 g/mol. The van der Waals surface area contributed by atoms with Crippen LogP contribution in [0.3, 0.4) is 0 Å². The molecule has 1 fully saturated rings. The Labute approximate surface area is 198 Å². The van der Waals surface area contributed by atoms with Crippen LogP contribution in [0.15, 0.2) is 52.4 Å². The highest BCUT2D eigenvalue weighted by atomic mass is 32.2. The van der Waals surface area contributed by atoms with E-state index in [2.05, 4.69) is 17.5 Å². The van der Waals surface area contributed by atoms with E-state index in [1.54, 1.807) is 17.6 Å². The summed E-state index contributed by atoms with van der Waals surface area (Å²) in [4.78, 5) is 31.3. The fraction of sp³-hybridized carbons (Fsp3) is 0.385. The number of hydrogen-bond donors (Lipinski definition) is 1. The maximum Gasteiger partial charge on any atom is 0.266 e. The lowest BCUT2D eigenvalue weighted by Crippen LogP contribution is -2.51. The van der Waals surface area contributed by atoms with E-state index in [9.17, 15) is 14.9 Å². The SMILES string of the molecule is Cc1cc(C)cc(-n2c(S[C@H](C)C(=O)NC3(C#N)CCCCC3)nc3ccccc3c2=O)c1. The molecule has 0 spiro atoms. The molecule has 3 aromatic rings. The molecule has 0 unspecified atom stereocenters. The van der Waals surface area contributed by atoms with Gasteiger partial charge in [0.15, 0.2) is 5.16 Å². The second-order valence-electron chi connectivity index (χ2n) is 8.90. The number of hydrogen-bond acceptors (Lipinski definition) is 5. The second-order valence-corrected chi connectivity index (χ2v) is 10.2. The summed E-state index contributed by atoms with van der Waals surface area (Å²) in [5.74, 6) is -0.210. The molecular weight excluding hydrogens is 432 g/mol. The van der Waals surface area contributed by atoms with Crippen LogP contribution < -0.4 is 10.9 Å². The highest BCUT2D eigenvalue weighted by molar-refractivity contribution is 8.00. The molecule has 1 amide bonds. The van der Waals surface area contributed by atoms with E-state index in [1.165, 1.54) is 11.8 Å². The minimum atomic E-state index is -0.797. The average molecular weight is 461 g/mol. The molecule has 4 rings (SSSR count). The summed E-state index contributed by atoms with van der Waals surface area (Å²) in [6.07, 6.45) is 4.32. The zero-order chi connectivity index (χ0) is 23.6. The van der Waals surface area contributed by atoms with Crippen molar-refractivity contribution in [3.8, 4) is 11.8 Å². The van der Waals surface area contributed by atoms with Gasteiger partial charge in [0.1, 0.15) is 5.54 Å². The quantitative estimate of drug-likeness (QED) is 0.435. The van der Waals surface area contributed by atoms with Crippen molar-refractivity contribution in [1.82, 2.24) is 14.9 Å². The zero-order valence-electron chi connectivity index (χ0n) is 19.2. The number of nitrogens with one attached hydrogen (secondary N) is 1. The summed E-state index contributed by atoms with van der Waals surface area (Å²) in [6.45, 7) is 5.77. The molecule has 170 valence electrons. The third kappa shape index (κ3) is 4.81. The van der Waals surface area contributed by atoms with Gasteiger partial charge in [0, 0.05) is 0 Å². The number of para-hydroxylation sites is 1. The standard InChI is InChI=1S/C26H28N4O2S/c1-17-13-18(2)15-20(14-17)30-24(32)21-9-5-6-10-22(21)28-25(30)33-19(3)23(31)29-26(16-27)11-7-4-8-12-26/h5-6,9-10,13-15,19H,4,7-8,11-12H2,1-3H3,(H,29,31)/t19-/m1/s1. The van der Waals surface area contributed by atoms with Crippen molar-refractivity contribution in [3.63, 3.8) is 0 Å². The molecule has 0 bridgehead atoms. The number of nitriles is 1. The number of thioether (sulfide) groups is 1. The van der Waals surface area contributed by atoms with Gasteiger partial charge in [0.05, 0.1) is 27.9 Å². The van der Waals surface area contributed by atoms with Crippen molar-refractivity contribution in [2.24, 2.45) is 0 Å². The van der Waals surface area contributed by atoms with E-state index < -0.39 is 10.8 Å². The van der Waals surface area contributed by atoms with Gasteiger partial charge in [-0.2, -0.15) is 5.26 Å². The van der Waals surface area contributed by atoms with Crippen molar-refractivity contribution in [3.05, 3.63) is 63.9 Å². The Morgan fingerprint density at radius 1 is 1.15 bits per heavy atom. The lowest BCUT2D eigenvalue weighted by atomic mass is 9.83. The molecule has 1 heterocycles. The molecule has 6 nitrogen and oxygen atoms in total. The van der Waals surface area contributed by atoms with Crippen LogP contribution in [0.1, 0.15) is 50.2 Å². The first-order chi connectivity index (χ1) is 15.8. The van der Waals surface area contributed by atoms with Crippen molar-refractivity contribution in [1.29, 1.82) is 5.26 Å². The molecule has 2 aromatic carbocycles. The Morgan fingerprint density at radius 2 is 1.82 bits per heavy atom. The maximum atomic E-state index is 13.5. The molecule has 1 N–H and O–H groups in total. The smallest absolute Gasteiger partial charge is 0.266 e. The van der Waals surface area contributed by atoms with Crippen LogP contribution in [0.5, 0.6) is 0 Å². The predicted molar refractivity (Wildman–Crippen MR) is 132 cm³/mol. The molecule has 1 saturated carbocycles. The molecule has 1 aliphatic rings. The van der Waals surface area contributed by atoms with E-state index in [-0.39, 0.29) is 11.5 Å². The van der Waals surface area contributed by atoms with Gasteiger partial charge >= 0.3 is 0 Å².